The lowest BCUT2D eigenvalue weighted by atomic mass is 9.93. The summed E-state index contributed by atoms with van der Waals surface area (Å²) >= 11 is 3.47. The average molecular weight is 340 g/mol. The third-order valence-corrected chi connectivity index (χ3v) is 4.63. The Labute approximate surface area is 126 Å². The fourth-order valence-electron chi connectivity index (χ4n) is 2.77. The lowest BCUT2D eigenvalue weighted by Gasteiger charge is -2.31. The second-order valence-corrected chi connectivity index (χ2v) is 6.35. The number of hydrogen-bond donors (Lipinski definition) is 1. The molecule has 0 saturated carbocycles. The van der Waals surface area contributed by atoms with E-state index >= 15 is 0 Å². The van der Waals surface area contributed by atoms with Crippen LogP contribution in [0.25, 0.3) is 0 Å². The zero-order valence-corrected chi connectivity index (χ0v) is 13.3. The molecular weight excluding hydrogens is 322 g/mol. The molecule has 1 aliphatic heterocycles. The van der Waals surface area contributed by atoms with Crippen LogP contribution in [0.2, 0.25) is 0 Å². The highest BCUT2D eigenvalue weighted by Crippen LogP contribution is 2.40. The van der Waals surface area contributed by atoms with Crippen molar-refractivity contribution in [3.8, 4) is 0 Å². The molecular formula is C15H18BrNO3. The Morgan fingerprint density at radius 3 is 2.60 bits per heavy atom. The van der Waals surface area contributed by atoms with Crippen LogP contribution in [-0.2, 0) is 9.59 Å². The highest BCUT2D eigenvalue weighted by Gasteiger charge is 2.45. The second-order valence-electron chi connectivity index (χ2n) is 5.50. The molecule has 0 radical (unpaired) electrons. The topological polar surface area (TPSA) is 57.6 Å². The van der Waals surface area contributed by atoms with Crippen LogP contribution < -0.4 is 0 Å². The van der Waals surface area contributed by atoms with Gasteiger partial charge in [-0.25, -0.2) is 0 Å². The van der Waals surface area contributed by atoms with E-state index in [1.165, 1.54) is 0 Å². The number of carbonyl (C=O) groups is 2. The molecule has 2 unspecified atom stereocenters. The van der Waals surface area contributed by atoms with Crippen LogP contribution in [-0.4, -0.2) is 27.9 Å². The summed E-state index contributed by atoms with van der Waals surface area (Å²) in [5.74, 6) is -1.68. The molecule has 0 aromatic heterocycles. The van der Waals surface area contributed by atoms with E-state index in [4.69, 9.17) is 0 Å². The quantitative estimate of drug-likeness (QED) is 0.920. The van der Waals surface area contributed by atoms with Gasteiger partial charge in [-0.1, -0.05) is 28.1 Å². The lowest BCUT2D eigenvalue weighted by Crippen LogP contribution is -2.36. The molecule has 1 fully saturated rings. The van der Waals surface area contributed by atoms with Gasteiger partial charge in [0, 0.05) is 16.9 Å². The van der Waals surface area contributed by atoms with E-state index in [-0.39, 0.29) is 18.4 Å². The monoisotopic (exact) mass is 339 g/mol. The first kappa shape index (κ1) is 15.0. The highest BCUT2D eigenvalue weighted by molar-refractivity contribution is 9.10. The Balaban J connectivity index is 2.48. The summed E-state index contributed by atoms with van der Waals surface area (Å²) in [6.07, 6.45) is 0.0731. The fraction of sp³-hybridized carbons (Fsp3) is 0.467. The molecule has 1 N–H and O–H groups in total. The van der Waals surface area contributed by atoms with Crippen LogP contribution in [0.3, 0.4) is 0 Å². The number of carboxylic acid groups (broad SMARTS) is 1. The fourth-order valence-corrected chi connectivity index (χ4v) is 3.17. The number of aryl methyl sites for hydroxylation is 1. The maximum atomic E-state index is 12.1. The third-order valence-electron chi connectivity index (χ3n) is 3.77. The predicted octanol–water partition coefficient (Wildman–Crippen LogP) is 3.14. The van der Waals surface area contributed by atoms with Crippen LogP contribution >= 0.6 is 15.9 Å². The van der Waals surface area contributed by atoms with Gasteiger partial charge in [-0.2, -0.15) is 0 Å². The molecule has 4 nitrogen and oxygen atoms in total. The number of nitrogens with zero attached hydrogens (tertiary/aromatic N) is 1. The molecule has 0 aliphatic carbocycles. The average Bonchev–Trinajstić information content (AvgIpc) is 2.70. The Morgan fingerprint density at radius 1 is 1.45 bits per heavy atom. The predicted molar refractivity (Wildman–Crippen MR) is 79.3 cm³/mol. The summed E-state index contributed by atoms with van der Waals surface area (Å²) in [4.78, 5) is 25.3. The first-order valence-electron chi connectivity index (χ1n) is 6.63. The van der Waals surface area contributed by atoms with Crippen molar-refractivity contribution < 1.29 is 14.7 Å². The number of hydrogen-bond acceptors (Lipinski definition) is 2. The SMILES string of the molecule is Cc1ccc(C2C(C(=O)O)CC(=O)N2C(C)C)cc1Br. The van der Waals surface area contributed by atoms with Crippen LogP contribution in [0.4, 0.5) is 0 Å². The maximum absolute atomic E-state index is 12.1. The molecule has 20 heavy (non-hydrogen) atoms. The molecule has 1 saturated heterocycles. The number of amides is 1. The van der Waals surface area contributed by atoms with E-state index in [2.05, 4.69) is 15.9 Å². The summed E-state index contributed by atoms with van der Waals surface area (Å²) < 4.78 is 0.933. The minimum Gasteiger partial charge on any atom is -0.481 e. The van der Waals surface area contributed by atoms with Crippen molar-refractivity contribution in [1.82, 2.24) is 4.90 Å². The van der Waals surface area contributed by atoms with Crippen LogP contribution in [0, 0.1) is 12.8 Å². The van der Waals surface area contributed by atoms with Gasteiger partial charge in [0.1, 0.15) is 0 Å². The zero-order chi connectivity index (χ0) is 15.0. The highest BCUT2D eigenvalue weighted by atomic mass is 79.9. The van der Waals surface area contributed by atoms with E-state index < -0.39 is 17.9 Å². The molecule has 1 aromatic rings. The second kappa shape index (κ2) is 5.56. The Bertz CT molecular complexity index is 556. The smallest absolute Gasteiger partial charge is 0.309 e. The van der Waals surface area contributed by atoms with Crippen molar-refractivity contribution in [2.75, 3.05) is 0 Å². The third kappa shape index (κ3) is 2.59. The zero-order valence-electron chi connectivity index (χ0n) is 11.8. The van der Waals surface area contributed by atoms with Gasteiger partial charge in [0.25, 0.3) is 0 Å². The van der Waals surface area contributed by atoms with Gasteiger partial charge in [0.15, 0.2) is 0 Å². The van der Waals surface area contributed by atoms with Crippen molar-refractivity contribution in [3.05, 3.63) is 33.8 Å². The molecule has 1 heterocycles. The molecule has 108 valence electrons. The minimum atomic E-state index is -0.914. The summed E-state index contributed by atoms with van der Waals surface area (Å²) in [7, 11) is 0. The number of rotatable bonds is 3. The molecule has 0 spiro atoms. The van der Waals surface area contributed by atoms with E-state index in [1.807, 2.05) is 39.0 Å². The summed E-state index contributed by atoms with van der Waals surface area (Å²) in [5, 5.41) is 9.40. The number of aliphatic carboxylic acids is 1. The first-order chi connectivity index (χ1) is 9.32. The van der Waals surface area contributed by atoms with E-state index in [0.717, 1.165) is 15.6 Å². The molecule has 1 amide bonds. The Morgan fingerprint density at radius 2 is 2.10 bits per heavy atom. The van der Waals surface area contributed by atoms with Gasteiger partial charge in [-0.05, 0) is 38.0 Å². The van der Waals surface area contributed by atoms with Gasteiger partial charge in [-0.3, -0.25) is 9.59 Å². The normalized spacial score (nSPS) is 22.6. The van der Waals surface area contributed by atoms with Crippen LogP contribution in [0.5, 0.6) is 0 Å². The van der Waals surface area contributed by atoms with E-state index in [9.17, 15) is 14.7 Å². The largest absolute Gasteiger partial charge is 0.481 e. The summed E-state index contributed by atoms with van der Waals surface area (Å²) in [6, 6.07) is 5.37. The van der Waals surface area contributed by atoms with Crippen LogP contribution in [0.1, 0.15) is 37.4 Å². The molecule has 0 bridgehead atoms. The van der Waals surface area contributed by atoms with Crippen molar-refractivity contribution in [2.24, 2.45) is 5.92 Å². The molecule has 1 aliphatic rings. The number of benzene rings is 1. The number of halogens is 1. The van der Waals surface area contributed by atoms with Crippen molar-refractivity contribution in [3.63, 3.8) is 0 Å². The number of likely N-dealkylation sites (tertiary alicyclic amines) is 1. The maximum Gasteiger partial charge on any atom is 0.309 e. The summed E-state index contributed by atoms with van der Waals surface area (Å²) in [5.41, 5.74) is 1.95. The van der Waals surface area contributed by atoms with Gasteiger partial charge < -0.3 is 10.0 Å². The number of carboxylic acids is 1. The standard InChI is InChI=1S/C15H18BrNO3/c1-8(2)17-13(18)7-11(15(19)20)14(17)10-5-4-9(3)12(16)6-10/h4-6,8,11,14H,7H2,1-3H3,(H,19,20). The summed E-state index contributed by atoms with van der Waals surface area (Å²) in [6.45, 7) is 5.80. The lowest BCUT2D eigenvalue weighted by molar-refractivity contribution is -0.142. The van der Waals surface area contributed by atoms with Crippen molar-refractivity contribution >= 4 is 27.8 Å². The Kier molecular flexibility index (Phi) is 4.18. The van der Waals surface area contributed by atoms with Crippen molar-refractivity contribution in [2.45, 2.75) is 39.3 Å². The molecule has 1 aromatic carbocycles. The van der Waals surface area contributed by atoms with Gasteiger partial charge >= 0.3 is 5.97 Å². The van der Waals surface area contributed by atoms with E-state index in [1.54, 1.807) is 4.90 Å². The van der Waals surface area contributed by atoms with Gasteiger partial charge in [0.2, 0.25) is 5.91 Å². The number of carbonyl (C=O) groups excluding carboxylic acids is 1. The van der Waals surface area contributed by atoms with Gasteiger partial charge in [0.05, 0.1) is 12.0 Å². The van der Waals surface area contributed by atoms with Gasteiger partial charge in [-0.15, -0.1) is 0 Å². The molecule has 2 atom stereocenters. The molecule has 2 rings (SSSR count). The minimum absolute atomic E-state index is 0.0167. The molecule has 5 heteroatoms. The van der Waals surface area contributed by atoms with Crippen LogP contribution in [0.15, 0.2) is 22.7 Å². The Hall–Kier alpha value is -1.36. The first-order valence-corrected chi connectivity index (χ1v) is 7.42. The van der Waals surface area contributed by atoms with E-state index in [0.29, 0.717) is 0 Å². The van der Waals surface area contributed by atoms with Crippen molar-refractivity contribution in [1.29, 1.82) is 0 Å².